The molecule has 218 valence electrons. The molecule has 0 heterocycles. The Bertz CT molecular complexity index is 1760. The van der Waals surface area contributed by atoms with E-state index < -0.39 is 29.1 Å². The van der Waals surface area contributed by atoms with Crippen molar-refractivity contribution in [1.29, 1.82) is 0 Å². The molecule has 44 heavy (non-hydrogen) atoms. The number of nitrogens with one attached hydrogen (secondary N) is 1. The highest BCUT2D eigenvalue weighted by Gasteiger charge is 2.25. The van der Waals surface area contributed by atoms with E-state index in [1.807, 2.05) is 0 Å². The molecule has 0 aliphatic rings. The fraction of sp³-hybridized carbons (Fsp3) is 0. The van der Waals surface area contributed by atoms with Crippen LogP contribution < -0.4 is 15.1 Å². The fourth-order valence-electron chi connectivity index (χ4n) is 5.02. The first kappa shape index (κ1) is 28.5. The van der Waals surface area contributed by atoms with Crippen LogP contribution in [-0.2, 0) is 0 Å². The monoisotopic (exact) mass is 593 g/mol. The average Bonchev–Trinajstić information content (AvgIpc) is 3.03. The number of benzene rings is 6. The van der Waals surface area contributed by atoms with Gasteiger partial charge in [0.2, 0.25) is 0 Å². The van der Waals surface area contributed by atoms with E-state index in [1.165, 1.54) is 34.1 Å². The predicted octanol–water partition coefficient (Wildman–Crippen LogP) is 11.1. The summed E-state index contributed by atoms with van der Waals surface area (Å²) in [5.74, 6) is -3.86. The van der Waals surface area contributed by atoms with Crippen LogP contribution in [0.3, 0.4) is 0 Å². The normalized spacial score (nSPS) is 10.8. The van der Waals surface area contributed by atoms with E-state index in [0.29, 0.717) is 11.4 Å². The predicted molar refractivity (Wildman–Crippen MR) is 165 cm³/mol. The minimum absolute atomic E-state index is 0.127. The summed E-state index contributed by atoms with van der Waals surface area (Å²) in [7, 11) is 0. The number of nitrogens with zero attached hydrogens (tertiary/aromatic N) is 2. The lowest BCUT2D eigenvalue weighted by Crippen LogP contribution is -2.17. The topological polar surface area (TPSA) is 18.5 Å². The molecule has 8 heteroatoms. The third-order valence-corrected chi connectivity index (χ3v) is 6.92. The summed E-state index contributed by atoms with van der Waals surface area (Å²) in [6.07, 6.45) is 0. The number of anilines is 8. The van der Waals surface area contributed by atoms with Crippen molar-refractivity contribution in [2.45, 2.75) is 0 Å². The summed E-state index contributed by atoms with van der Waals surface area (Å²) >= 11 is 0. The number of para-hydroxylation sites is 5. The Morgan fingerprint density at radius 1 is 0.364 bits per heavy atom. The summed E-state index contributed by atoms with van der Waals surface area (Å²) in [6, 6.07) is 34.9. The molecular formula is C36H24F5N3. The smallest absolute Gasteiger partial charge is 0.150 e. The molecule has 0 spiro atoms. The lowest BCUT2D eigenvalue weighted by molar-refractivity contribution is 0.585. The lowest BCUT2D eigenvalue weighted by atomic mass is 10.1. The van der Waals surface area contributed by atoms with Crippen LogP contribution in [0.5, 0.6) is 0 Å². The summed E-state index contributed by atoms with van der Waals surface area (Å²) in [5, 5.41) is 3.02. The van der Waals surface area contributed by atoms with Crippen LogP contribution in [0.1, 0.15) is 0 Å². The van der Waals surface area contributed by atoms with Gasteiger partial charge in [-0.05, 0) is 78.9 Å². The second-order valence-electron chi connectivity index (χ2n) is 9.83. The Kier molecular flexibility index (Phi) is 7.97. The van der Waals surface area contributed by atoms with Crippen LogP contribution in [-0.4, -0.2) is 0 Å². The average molecular weight is 594 g/mol. The fourth-order valence-corrected chi connectivity index (χ4v) is 5.02. The van der Waals surface area contributed by atoms with Gasteiger partial charge in [-0.1, -0.05) is 60.7 Å². The van der Waals surface area contributed by atoms with Crippen molar-refractivity contribution in [2.24, 2.45) is 0 Å². The number of hydrogen-bond donors (Lipinski definition) is 1. The van der Waals surface area contributed by atoms with E-state index in [2.05, 4.69) is 5.32 Å². The Morgan fingerprint density at radius 3 is 1.18 bits per heavy atom. The van der Waals surface area contributed by atoms with Gasteiger partial charge >= 0.3 is 0 Å². The maximum Gasteiger partial charge on any atom is 0.150 e. The molecule has 0 bridgehead atoms. The van der Waals surface area contributed by atoms with Gasteiger partial charge < -0.3 is 15.1 Å². The number of halogens is 5. The minimum atomic E-state index is -0.831. The SMILES string of the molecule is Fc1ccccc1Nc1cc(N(c2ccccc2)c2c(F)cccc2F)cc(N(c2ccccc2)c2c(F)cccc2F)c1. The number of rotatable bonds is 8. The van der Waals surface area contributed by atoms with Crippen molar-refractivity contribution >= 4 is 45.5 Å². The molecule has 0 atom stereocenters. The van der Waals surface area contributed by atoms with Crippen LogP contribution in [0.2, 0.25) is 0 Å². The van der Waals surface area contributed by atoms with Crippen LogP contribution in [0.25, 0.3) is 0 Å². The molecule has 0 aromatic heterocycles. The largest absolute Gasteiger partial charge is 0.353 e. The van der Waals surface area contributed by atoms with E-state index in [1.54, 1.807) is 91.0 Å². The molecule has 0 fully saturated rings. The number of hydrogen-bond acceptors (Lipinski definition) is 3. The minimum Gasteiger partial charge on any atom is -0.353 e. The Balaban J connectivity index is 1.65. The van der Waals surface area contributed by atoms with E-state index in [0.717, 1.165) is 24.3 Å². The molecule has 0 aliphatic carbocycles. The first-order chi connectivity index (χ1) is 21.4. The molecule has 0 aliphatic heterocycles. The molecule has 6 aromatic carbocycles. The summed E-state index contributed by atoms with van der Waals surface area (Å²) in [4.78, 5) is 2.73. The maximum atomic E-state index is 15.4. The van der Waals surface area contributed by atoms with E-state index >= 15 is 17.6 Å². The van der Waals surface area contributed by atoms with Crippen molar-refractivity contribution < 1.29 is 22.0 Å². The Morgan fingerprint density at radius 2 is 0.750 bits per heavy atom. The maximum absolute atomic E-state index is 15.4. The van der Waals surface area contributed by atoms with Gasteiger partial charge in [0.15, 0.2) is 0 Å². The first-order valence-electron chi connectivity index (χ1n) is 13.7. The van der Waals surface area contributed by atoms with Gasteiger partial charge in [-0.25, -0.2) is 22.0 Å². The molecule has 0 saturated heterocycles. The van der Waals surface area contributed by atoms with Crippen molar-refractivity contribution in [3.05, 3.63) is 169 Å². The molecule has 0 amide bonds. The molecule has 6 rings (SSSR count). The van der Waals surface area contributed by atoms with E-state index in [4.69, 9.17) is 0 Å². The highest BCUT2D eigenvalue weighted by molar-refractivity contribution is 5.87. The highest BCUT2D eigenvalue weighted by atomic mass is 19.1. The van der Waals surface area contributed by atoms with E-state index in [9.17, 15) is 4.39 Å². The third-order valence-electron chi connectivity index (χ3n) is 6.92. The Labute approximate surface area is 251 Å². The molecule has 0 unspecified atom stereocenters. The zero-order valence-electron chi connectivity index (χ0n) is 23.1. The summed E-state index contributed by atoms with van der Waals surface area (Å²) in [6.45, 7) is 0. The van der Waals surface area contributed by atoms with Gasteiger partial charge in [-0.3, -0.25) is 0 Å². The van der Waals surface area contributed by atoms with Gasteiger partial charge in [-0.2, -0.15) is 0 Å². The van der Waals surface area contributed by atoms with Crippen molar-refractivity contribution in [3.63, 3.8) is 0 Å². The first-order valence-corrected chi connectivity index (χ1v) is 13.7. The summed E-state index contributed by atoms with van der Waals surface area (Å²) in [5.41, 5.74) is 0.971. The third kappa shape index (κ3) is 5.70. The van der Waals surface area contributed by atoms with Gasteiger partial charge in [0, 0.05) is 17.1 Å². The quantitative estimate of drug-likeness (QED) is 0.177. The molecule has 1 N–H and O–H groups in total. The molecule has 6 aromatic rings. The molecule has 0 radical (unpaired) electrons. The Hall–Kier alpha value is -5.63. The zero-order valence-corrected chi connectivity index (χ0v) is 23.1. The standard InChI is InChI=1S/C36H24F5N3/c37-29-15-7-8-20-34(29)42-24-21-27(43(25-11-3-1-4-12-25)35-30(38)16-9-17-31(35)39)23-28(22-24)44(26-13-5-2-6-14-26)36-32(40)18-10-19-33(36)41/h1-23,42H. The van der Waals surface area contributed by atoms with Crippen LogP contribution in [0.4, 0.5) is 67.5 Å². The van der Waals surface area contributed by atoms with Crippen molar-refractivity contribution in [1.82, 2.24) is 0 Å². The van der Waals surface area contributed by atoms with Gasteiger partial charge in [0.1, 0.15) is 40.5 Å². The van der Waals surface area contributed by atoms with Gasteiger partial charge in [0.25, 0.3) is 0 Å². The molecule has 3 nitrogen and oxygen atoms in total. The van der Waals surface area contributed by atoms with Gasteiger partial charge in [0.05, 0.1) is 17.1 Å². The lowest BCUT2D eigenvalue weighted by Gasteiger charge is -2.30. The van der Waals surface area contributed by atoms with Crippen molar-refractivity contribution in [3.8, 4) is 0 Å². The summed E-state index contributed by atoms with van der Waals surface area (Å²) < 4.78 is 76.4. The van der Waals surface area contributed by atoms with Crippen molar-refractivity contribution in [2.75, 3.05) is 15.1 Å². The highest BCUT2D eigenvalue weighted by Crippen LogP contribution is 2.45. The van der Waals surface area contributed by atoms with Crippen LogP contribution in [0, 0.1) is 29.1 Å². The van der Waals surface area contributed by atoms with E-state index in [-0.39, 0.29) is 34.1 Å². The second kappa shape index (κ2) is 12.3. The van der Waals surface area contributed by atoms with Crippen LogP contribution in [0.15, 0.2) is 140 Å². The molecular weight excluding hydrogens is 569 g/mol. The van der Waals surface area contributed by atoms with Crippen LogP contribution >= 0.6 is 0 Å². The van der Waals surface area contributed by atoms with Gasteiger partial charge in [-0.15, -0.1) is 0 Å². The second-order valence-corrected chi connectivity index (χ2v) is 9.83. The molecule has 0 saturated carbocycles. The zero-order chi connectivity index (χ0) is 30.6.